The van der Waals surface area contributed by atoms with Crippen LogP contribution in [0.1, 0.15) is 23.2 Å². The number of hydrogen-bond acceptors (Lipinski definition) is 4. The molecule has 90 valence electrons. The number of nitrogens with zero attached hydrogens (tertiary/aromatic N) is 2. The first kappa shape index (κ1) is 13.4. The van der Waals surface area contributed by atoms with Crippen molar-refractivity contribution in [2.45, 2.75) is 12.8 Å². The Hall–Kier alpha value is -0.630. The highest BCUT2D eigenvalue weighted by Gasteiger charge is 2.14. The summed E-state index contributed by atoms with van der Waals surface area (Å²) in [6.07, 6.45) is 3.24. The quantitative estimate of drug-likeness (QED) is 0.449. The zero-order chi connectivity index (χ0) is 12.0. The zero-order valence-corrected chi connectivity index (χ0v) is 11.6. The molecule has 1 aromatic rings. The van der Waals surface area contributed by atoms with Gasteiger partial charge in [0.1, 0.15) is 9.26 Å². The molecule has 16 heavy (non-hydrogen) atoms. The summed E-state index contributed by atoms with van der Waals surface area (Å²) in [4.78, 5) is 11.6. The van der Waals surface area contributed by atoms with Crippen LogP contribution in [0, 0.1) is 3.70 Å². The molecule has 0 amide bonds. The molecule has 0 unspecified atom stereocenters. The molecule has 0 radical (unpaired) electrons. The van der Waals surface area contributed by atoms with E-state index in [1.807, 2.05) is 0 Å². The predicted molar refractivity (Wildman–Crippen MR) is 67.3 cm³/mol. The smallest absolute Gasteiger partial charge is 0.342 e. The minimum Gasteiger partial charge on any atom is -0.462 e. The van der Waals surface area contributed by atoms with Crippen LogP contribution in [0.3, 0.4) is 0 Å². The fraction of sp³-hybridized carbons (Fsp3) is 0.600. The van der Waals surface area contributed by atoms with E-state index < -0.39 is 0 Å². The molecule has 1 rings (SSSR count). The standard InChI is InChI=1S/C10H15IN2O3/c1-13-9(11)8(7-12-13)10(14)16-6-4-3-5-15-2/h7H,3-6H2,1-2H3. The van der Waals surface area contributed by atoms with Gasteiger partial charge >= 0.3 is 5.97 Å². The van der Waals surface area contributed by atoms with Gasteiger partial charge in [0.05, 0.1) is 12.8 Å². The van der Waals surface area contributed by atoms with Crippen LogP contribution >= 0.6 is 22.6 Å². The Morgan fingerprint density at radius 2 is 2.19 bits per heavy atom. The highest BCUT2D eigenvalue weighted by Crippen LogP contribution is 2.11. The van der Waals surface area contributed by atoms with Crippen molar-refractivity contribution in [1.82, 2.24) is 9.78 Å². The van der Waals surface area contributed by atoms with Gasteiger partial charge in [-0.25, -0.2) is 4.79 Å². The molecule has 1 heterocycles. The molecule has 0 saturated carbocycles. The summed E-state index contributed by atoms with van der Waals surface area (Å²) in [5.41, 5.74) is 0.523. The summed E-state index contributed by atoms with van der Waals surface area (Å²) in [5.74, 6) is -0.310. The average molecular weight is 338 g/mol. The highest BCUT2D eigenvalue weighted by molar-refractivity contribution is 14.1. The van der Waals surface area contributed by atoms with Crippen LogP contribution in [0.15, 0.2) is 6.20 Å². The maximum atomic E-state index is 11.6. The summed E-state index contributed by atoms with van der Waals surface area (Å²) in [6, 6.07) is 0. The van der Waals surface area contributed by atoms with Gasteiger partial charge in [0.25, 0.3) is 0 Å². The number of aromatic nitrogens is 2. The number of halogens is 1. The Bertz CT molecular complexity index is 352. The average Bonchev–Trinajstić information content (AvgIpc) is 2.59. The van der Waals surface area contributed by atoms with Gasteiger partial charge in [0.2, 0.25) is 0 Å². The number of carbonyl (C=O) groups is 1. The topological polar surface area (TPSA) is 53.4 Å². The monoisotopic (exact) mass is 338 g/mol. The van der Waals surface area contributed by atoms with E-state index >= 15 is 0 Å². The second kappa shape index (κ2) is 6.85. The van der Waals surface area contributed by atoms with Crippen LogP contribution < -0.4 is 0 Å². The molecule has 0 spiro atoms. The predicted octanol–water partition coefficient (Wildman–Crippen LogP) is 1.61. The van der Waals surface area contributed by atoms with Crippen LogP contribution in [0.4, 0.5) is 0 Å². The lowest BCUT2D eigenvalue weighted by atomic mass is 10.3. The summed E-state index contributed by atoms with van der Waals surface area (Å²) in [7, 11) is 3.45. The molecule has 0 saturated heterocycles. The molecule has 0 aliphatic heterocycles. The molecule has 1 aromatic heterocycles. The lowest BCUT2D eigenvalue weighted by Crippen LogP contribution is -2.08. The molecule has 0 bridgehead atoms. The number of esters is 1. The van der Waals surface area contributed by atoms with Crippen LogP contribution in [-0.4, -0.2) is 36.1 Å². The van der Waals surface area contributed by atoms with Crippen molar-refractivity contribution in [3.63, 3.8) is 0 Å². The number of methoxy groups -OCH3 is 1. The van der Waals surface area contributed by atoms with E-state index in [2.05, 4.69) is 27.7 Å². The van der Waals surface area contributed by atoms with Gasteiger partial charge in [-0.1, -0.05) is 0 Å². The number of unbranched alkanes of at least 4 members (excludes halogenated alkanes) is 1. The van der Waals surface area contributed by atoms with Crippen LogP contribution in [0.5, 0.6) is 0 Å². The second-order valence-corrected chi connectivity index (χ2v) is 4.33. The number of hydrogen-bond donors (Lipinski definition) is 0. The van der Waals surface area contributed by atoms with Crippen LogP contribution in [-0.2, 0) is 16.5 Å². The van der Waals surface area contributed by atoms with Gasteiger partial charge in [-0.15, -0.1) is 0 Å². The minimum atomic E-state index is -0.310. The van der Waals surface area contributed by atoms with Gasteiger partial charge < -0.3 is 9.47 Å². The maximum absolute atomic E-state index is 11.6. The second-order valence-electron chi connectivity index (χ2n) is 3.31. The lowest BCUT2D eigenvalue weighted by molar-refractivity contribution is 0.0487. The molecule has 6 heteroatoms. The van der Waals surface area contributed by atoms with Crippen molar-refractivity contribution < 1.29 is 14.3 Å². The van der Waals surface area contributed by atoms with Crippen molar-refractivity contribution in [3.05, 3.63) is 15.5 Å². The Kier molecular flexibility index (Phi) is 5.75. The van der Waals surface area contributed by atoms with E-state index in [1.54, 1.807) is 18.8 Å². The molecule has 0 fully saturated rings. The summed E-state index contributed by atoms with van der Waals surface area (Å²) in [6.45, 7) is 1.12. The van der Waals surface area contributed by atoms with E-state index in [9.17, 15) is 4.79 Å². The van der Waals surface area contributed by atoms with Gasteiger partial charge in [0, 0.05) is 20.8 Å². The number of aryl methyl sites for hydroxylation is 1. The van der Waals surface area contributed by atoms with E-state index in [4.69, 9.17) is 9.47 Å². The Balaban J connectivity index is 2.33. The SMILES string of the molecule is COCCCCOC(=O)c1cnn(C)c1I. The maximum Gasteiger partial charge on any atom is 0.342 e. The zero-order valence-electron chi connectivity index (χ0n) is 9.40. The molecule has 0 aromatic carbocycles. The first-order chi connectivity index (χ1) is 7.66. The molecule has 0 aliphatic rings. The molecule has 5 nitrogen and oxygen atoms in total. The Morgan fingerprint density at radius 3 is 2.75 bits per heavy atom. The summed E-state index contributed by atoms with van der Waals surface area (Å²) in [5, 5.41) is 3.98. The Morgan fingerprint density at radius 1 is 1.50 bits per heavy atom. The fourth-order valence-electron chi connectivity index (χ4n) is 1.15. The van der Waals surface area contributed by atoms with Gasteiger partial charge in [-0.3, -0.25) is 4.68 Å². The van der Waals surface area contributed by atoms with Crippen molar-refractivity contribution >= 4 is 28.6 Å². The van der Waals surface area contributed by atoms with Gasteiger partial charge in [-0.2, -0.15) is 5.10 Å². The third-order valence-corrected chi connectivity index (χ3v) is 3.34. The van der Waals surface area contributed by atoms with Crippen molar-refractivity contribution in [2.75, 3.05) is 20.3 Å². The molecular formula is C10H15IN2O3. The first-order valence-corrected chi connectivity index (χ1v) is 6.08. The molecule has 0 aliphatic carbocycles. The van der Waals surface area contributed by atoms with Crippen LogP contribution in [0.25, 0.3) is 0 Å². The third-order valence-electron chi connectivity index (χ3n) is 2.06. The highest BCUT2D eigenvalue weighted by atomic mass is 127. The van der Waals surface area contributed by atoms with Crippen molar-refractivity contribution in [3.8, 4) is 0 Å². The molecule has 0 N–H and O–H groups in total. The normalized spacial score (nSPS) is 10.4. The third kappa shape index (κ3) is 3.75. The van der Waals surface area contributed by atoms with Crippen LogP contribution in [0.2, 0.25) is 0 Å². The van der Waals surface area contributed by atoms with E-state index in [1.165, 1.54) is 6.20 Å². The van der Waals surface area contributed by atoms with E-state index in [-0.39, 0.29) is 5.97 Å². The lowest BCUT2D eigenvalue weighted by Gasteiger charge is -2.03. The molecular weight excluding hydrogens is 323 g/mol. The van der Waals surface area contributed by atoms with Gasteiger partial charge in [-0.05, 0) is 35.4 Å². The van der Waals surface area contributed by atoms with Crippen molar-refractivity contribution in [2.24, 2.45) is 7.05 Å². The van der Waals surface area contributed by atoms with E-state index in [0.29, 0.717) is 18.8 Å². The fourth-order valence-corrected chi connectivity index (χ4v) is 1.63. The van der Waals surface area contributed by atoms with Gasteiger partial charge in [0.15, 0.2) is 0 Å². The molecule has 0 atom stereocenters. The summed E-state index contributed by atoms with van der Waals surface area (Å²) >= 11 is 2.07. The Labute approximate surface area is 108 Å². The minimum absolute atomic E-state index is 0.310. The summed E-state index contributed by atoms with van der Waals surface area (Å²) < 4.78 is 12.4. The van der Waals surface area contributed by atoms with E-state index in [0.717, 1.165) is 16.5 Å². The number of carbonyl (C=O) groups excluding carboxylic acids is 1. The largest absolute Gasteiger partial charge is 0.462 e. The first-order valence-electron chi connectivity index (χ1n) is 5.00. The number of ether oxygens (including phenoxy) is 2. The van der Waals surface area contributed by atoms with Crippen molar-refractivity contribution in [1.29, 1.82) is 0 Å². The number of rotatable bonds is 6.